The van der Waals surface area contributed by atoms with E-state index < -0.39 is 17.8 Å². The Labute approximate surface area is 148 Å². The van der Waals surface area contributed by atoms with Gasteiger partial charge in [-0.3, -0.25) is 9.78 Å². The summed E-state index contributed by atoms with van der Waals surface area (Å²) in [5, 5.41) is 0. The molecule has 0 atom stereocenters. The summed E-state index contributed by atoms with van der Waals surface area (Å²) in [6.45, 7) is 0.874. The lowest BCUT2D eigenvalue weighted by atomic mass is 10.0. The molecule has 2 aromatic rings. The third-order valence-corrected chi connectivity index (χ3v) is 4.87. The van der Waals surface area contributed by atoms with Gasteiger partial charge >= 0.3 is 6.18 Å². The van der Waals surface area contributed by atoms with Gasteiger partial charge in [0.1, 0.15) is 12.0 Å². The van der Waals surface area contributed by atoms with E-state index in [0.717, 1.165) is 42.1 Å². The van der Waals surface area contributed by atoms with Crippen LogP contribution >= 0.6 is 0 Å². The van der Waals surface area contributed by atoms with E-state index in [-0.39, 0.29) is 5.56 Å². The highest BCUT2D eigenvalue weighted by Crippen LogP contribution is 2.41. The van der Waals surface area contributed by atoms with E-state index >= 15 is 0 Å². The monoisotopic (exact) mass is 362 g/mol. The third-order valence-electron chi connectivity index (χ3n) is 4.87. The third kappa shape index (κ3) is 3.27. The number of hydrogen-bond donors (Lipinski definition) is 0. The van der Waals surface area contributed by atoms with Gasteiger partial charge in [0.15, 0.2) is 0 Å². The average molecular weight is 362 g/mol. The van der Waals surface area contributed by atoms with E-state index in [4.69, 9.17) is 0 Å². The van der Waals surface area contributed by atoms with Crippen molar-refractivity contribution in [3.05, 3.63) is 52.9 Å². The number of halogens is 3. The van der Waals surface area contributed by atoms with Crippen LogP contribution in [0.1, 0.15) is 51.8 Å². The van der Waals surface area contributed by atoms with Crippen molar-refractivity contribution in [3.8, 4) is 0 Å². The lowest BCUT2D eigenvalue weighted by molar-refractivity contribution is -0.141. The van der Waals surface area contributed by atoms with E-state index in [1.54, 1.807) is 11.2 Å². The molecule has 1 saturated carbocycles. The van der Waals surface area contributed by atoms with Crippen LogP contribution in [-0.4, -0.2) is 38.8 Å². The van der Waals surface area contributed by atoms with E-state index in [1.165, 1.54) is 6.07 Å². The number of alkyl halides is 3. The molecule has 2 aromatic heterocycles. The predicted octanol–water partition coefficient (Wildman–Crippen LogP) is 3.01. The molecule has 1 aliphatic heterocycles. The van der Waals surface area contributed by atoms with Crippen molar-refractivity contribution in [3.63, 3.8) is 0 Å². The standard InChI is InChI=1S/C18H17F3N4O/c19-18(20,21)15-9-12(3-6-22-15)17(26)25-7-4-13-14(5-8-25)23-10-24-16(13)11-1-2-11/h3,6,9-11H,1-2,4-5,7-8H2. The molecule has 1 aliphatic carbocycles. The Kier molecular flexibility index (Phi) is 4.13. The van der Waals surface area contributed by atoms with Crippen LogP contribution in [0.4, 0.5) is 13.2 Å². The summed E-state index contributed by atoms with van der Waals surface area (Å²) in [5.74, 6) is 0.0789. The Morgan fingerprint density at radius 2 is 1.88 bits per heavy atom. The Morgan fingerprint density at radius 1 is 1.12 bits per heavy atom. The fourth-order valence-corrected chi connectivity index (χ4v) is 3.36. The molecule has 1 fully saturated rings. The van der Waals surface area contributed by atoms with Crippen molar-refractivity contribution in [2.75, 3.05) is 13.1 Å². The van der Waals surface area contributed by atoms with Gasteiger partial charge in [-0.05, 0) is 37.0 Å². The van der Waals surface area contributed by atoms with Gasteiger partial charge in [-0.15, -0.1) is 0 Å². The molecule has 0 radical (unpaired) electrons. The molecule has 8 heteroatoms. The highest BCUT2D eigenvalue weighted by Gasteiger charge is 2.34. The highest BCUT2D eigenvalue weighted by atomic mass is 19.4. The zero-order chi connectivity index (χ0) is 18.3. The van der Waals surface area contributed by atoms with Crippen molar-refractivity contribution >= 4 is 5.91 Å². The van der Waals surface area contributed by atoms with Crippen LogP contribution in [0.15, 0.2) is 24.7 Å². The summed E-state index contributed by atoms with van der Waals surface area (Å²) in [4.78, 5) is 26.4. The molecule has 0 saturated heterocycles. The second kappa shape index (κ2) is 6.34. The number of aromatic nitrogens is 3. The topological polar surface area (TPSA) is 59.0 Å². The smallest absolute Gasteiger partial charge is 0.338 e. The van der Waals surface area contributed by atoms with E-state index in [9.17, 15) is 18.0 Å². The normalized spacial score (nSPS) is 17.6. The van der Waals surface area contributed by atoms with Crippen LogP contribution in [0, 0.1) is 0 Å². The molecule has 1 amide bonds. The summed E-state index contributed by atoms with van der Waals surface area (Å²) in [6.07, 6.45) is 1.50. The summed E-state index contributed by atoms with van der Waals surface area (Å²) in [5.41, 5.74) is 2.08. The van der Waals surface area contributed by atoms with Gasteiger partial charge in [-0.25, -0.2) is 9.97 Å². The van der Waals surface area contributed by atoms with Crippen molar-refractivity contribution in [1.82, 2.24) is 19.9 Å². The Morgan fingerprint density at radius 3 is 2.62 bits per heavy atom. The average Bonchev–Trinajstić information content (AvgIpc) is 3.47. The van der Waals surface area contributed by atoms with Crippen molar-refractivity contribution in [2.24, 2.45) is 0 Å². The van der Waals surface area contributed by atoms with Gasteiger partial charge in [0.05, 0.1) is 5.69 Å². The minimum atomic E-state index is -4.57. The molecule has 4 rings (SSSR count). The first-order valence-electron chi connectivity index (χ1n) is 8.58. The lowest BCUT2D eigenvalue weighted by Gasteiger charge is -2.20. The first-order chi connectivity index (χ1) is 12.4. The van der Waals surface area contributed by atoms with Crippen LogP contribution in [0.3, 0.4) is 0 Å². The van der Waals surface area contributed by atoms with Crippen LogP contribution < -0.4 is 0 Å². The van der Waals surface area contributed by atoms with Crippen molar-refractivity contribution in [2.45, 2.75) is 37.8 Å². The number of nitrogens with zero attached hydrogens (tertiary/aromatic N) is 4. The lowest BCUT2D eigenvalue weighted by Crippen LogP contribution is -2.33. The molecule has 2 aliphatic rings. The summed E-state index contributed by atoms with van der Waals surface area (Å²) in [7, 11) is 0. The van der Waals surface area contributed by atoms with Crippen LogP contribution in [0.25, 0.3) is 0 Å². The van der Waals surface area contributed by atoms with Gasteiger partial charge < -0.3 is 4.90 Å². The van der Waals surface area contributed by atoms with Crippen LogP contribution in [0.2, 0.25) is 0 Å². The Bertz CT molecular complexity index is 849. The molecule has 136 valence electrons. The quantitative estimate of drug-likeness (QED) is 0.824. The molecule has 0 N–H and O–H groups in total. The maximum atomic E-state index is 12.8. The molecule has 26 heavy (non-hydrogen) atoms. The fraction of sp³-hybridized carbons (Fsp3) is 0.444. The van der Waals surface area contributed by atoms with Crippen molar-refractivity contribution < 1.29 is 18.0 Å². The molecule has 0 aromatic carbocycles. The van der Waals surface area contributed by atoms with Gasteiger partial charge in [0.25, 0.3) is 5.91 Å². The van der Waals surface area contributed by atoms with Gasteiger partial charge in [0.2, 0.25) is 0 Å². The summed E-state index contributed by atoms with van der Waals surface area (Å²) >= 11 is 0. The number of hydrogen-bond acceptors (Lipinski definition) is 4. The predicted molar refractivity (Wildman–Crippen MR) is 86.6 cm³/mol. The number of rotatable bonds is 2. The second-order valence-electron chi connectivity index (χ2n) is 6.68. The molecule has 3 heterocycles. The highest BCUT2D eigenvalue weighted by molar-refractivity contribution is 5.94. The number of fused-ring (bicyclic) bond motifs is 1. The molecule has 0 spiro atoms. The molecule has 5 nitrogen and oxygen atoms in total. The molecular formula is C18H17F3N4O. The van der Waals surface area contributed by atoms with Crippen LogP contribution in [-0.2, 0) is 19.0 Å². The minimum absolute atomic E-state index is 0.00628. The number of carbonyl (C=O) groups is 1. The molecule has 0 unspecified atom stereocenters. The first kappa shape index (κ1) is 16.9. The minimum Gasteiger partial charge on any atom is -0.338 e. The molecule has 0 bridgehead atoms. The van der Waals surface area contributed by atoms with E-state index in [2.05, 4.69) is 15.0 Å². The van der Waals surface area contributed by atoms with Gasteiger partial charge in [0, 0.05) is 42.9 Å². The zero-order valence-corrected chi connectivity index (χ0v) is 14.0. The summed E-state index contributed by atoms with van der Waals surface area (Å²) in [6, 6.07) is 2.14. The van der Waals surface area contributed by atoms with Crippen LogP contribution in [0.5, 0.6) is 0 Å². The first-order valence-corrected chi connectivity index (χ1v) is 8.58. The Hall–Kier alpha value is -2.51. The number of pyridine rings is 1. The largest absolute Gasteiger partial charge is 0.433 e. The van der Waals surface area contributed by atoms with E-state index in [0.29, 0.717) is 31.8 Å². The summed E-state index contributed by atoms with van der Waals surface area (Å²) < 4.78 is 38.5. The number of amides is 1. The zero-order valence-electron chi connectivity index (χ0n) is 14.0. The van der Waals surface area contributed by atoms with Crippen molar-refractivity contribution in [1.29, 1.82) is 0 Å². The Balaban J connectivity index is 1.55. The molecular weight excluding hydrogens is 345 g/mol. The SMILES string of the molecule is O=C(c1ccnc(C(F)(F)F)c1)N1CCc2ncnc(C3CC3)c2CC1. The van der Waals surface area contributed by atoms with Gasteiger partial charge in [-0.2, -0.15) is 13.2 Å². The second-order valence-corrected chi connectivity index (χ2v) is 6.68. The number of carbonyl (C=O) groups excluding carboxylic acids is 1. The maximum Gasteiger partial charge on any atom is 0.433 e. The van der Waals surface area contributed by atoms with E-state index in [1.807, 2.05) is 0 Å². The maximum absolute atomic E-state index is 12.8. The van der Waals surface area contributed by atoms with Gasteiger partial charge in [-0.1, -0.05) is 0 Å². The fourth-order valence-electron chi connectivity index (χ4n) is 3.36.